The van der Waals surface area contributed by atoms with E-state index in [9.17, 15) is 4.79 Å². The molecule has 0 radical (unpaired) electrons. The molecule has 0 saturated carbocycles. The van der Waals surface area contributed by atoms with E-state index in [-0.39, 0.29) is 6.04 Å². The van der Waals surface area contributed by atoms with Crippen LogP contribution in [0.2, 0.25) is 0 Å². The highest BCUT2D eigenvalue weighted by atomic mass is 32.2. The molecule has 0 bridgehead atoms. The van der Waals surface area contributed by atoms with E-state index in [1.807, 2.05) is 39.0 Å². The lowest BCUT2D eigenvalue weighted by Gasteiger charge is -2.23. The molecule has 0 aromatic rings. The molecule has 1 rings (SSSR count). The van der Waals surface area contributed by atoms with E-state index in [4.69, 9.17) is 9.47 Å². The van der Waals surface area contributed by atoms with Gasteiger partial charge in [-0.2, -0.15) is 0 Å². The lowest BCUT2D eigenvalue weighted by molar-refractivity contribution is 0.0500. The fourth-order valence-electron chi connectivity index (χ4n) is 1.55. The minimum absolute atomic E-state index is 0.00557. The Morgan fingerprint density at radius 3 is 2.76 bits per heavy atom. The van der Waals surface area contributed by atoms with Crippen LogP contribution in [-0.4, -0.2) is 37.2 Å². The summed E-state index contributed by atoms with van der Waals surface area (Å²) in [6, 6.07) is -0.00557. The summed E-state index contributed by atoms with van der Waals surface area (Å²) in [7, 11) is 1.65. The molecule has 0 fully saturated rings. The first kappa shape index (κ1) is 17.7. The van der Waals surface area contributed by atoms with Crippen molar-refractivity contribution in [2.75, 3.05) is 19.5 Å². The van der Waals surface area contributed by atoms with Gasteiger partial charge in [0.2, 0.25) is 0 Å². The van der Waals surface area contributed by atoms with Crippen LogP contribution in [0.15, 0.2) is 34.6 Å². The first-order valence-electron chi connectivity index (χ1n) is 6.90. The number of rotatable bonds is 7. The van der Waals surface area contributed by atoms with Gasteiger partial charge in [-0.3, -0.25) is 0 Å². The van der Waals surface area contributed by atoms with Crippen molar-refractivity contribution < 1.29 is 14.3 Å². The number of carbonyl (C=O) groups excluding carboxylic acids is 1. The molecule has 5 heteroatoms. The Morgan fingerprint density at radius 2 is 2.19 bits per heavy atom. The number of amides is 1. The SMILES string of the molecule is COCC[C@H](CSC1=CC=C=C=C1)NC(=O)OC(C)(C)C. The maximum atomic E-state index is 11.8. The van der Waals surface area contributed by atoms with Gasteiger partial charge in [-0.25, -0.2) is 4.79 Å². The lowest BCUT2D eigenvalue weighted by atomic mass is 10.2. The van der Waals surface area contributed by atoms with Crippen LogP contribution in [-0.2, 0) is 9.47 Å². The third-order valence-corrected chi connectivity index (χ3v) is 3.63. The first-order valence-corrected chi connectivity index (χ1v) is 7.88. The number of alkyl carbamates (subject to hydrolysis) is 1. The molecule has 4 nitrogen and oxygen atoms in total. The molecule has 0 aromatic carbocycles. The van der Waals surface area contributed by atoms with Gasteiger partial charge in [-0.15, -0.1) is 11.8 Å². The highest BCUT2D eigenvalue weighted by Gasteiger charge is 2.19. The summed E-state index contributed by atoms with van der Waals surface area (Å²) in [5, 5.41) is 2.90. The second-order valence-corrected chi connectivity index (χ2v) is 6.70. The Bertz CT molecular complexity index is 478. The standard InChI is InChI=1S/C16H23NO3S/c1-16(2,3)20-15(18)17-13(10-11-19-4)12-21-14-8-6-5-7-9-14/h6,8-9,13H,10-12H2,1-4H3,(H,17,18)/t13-/m1/s1. The van der Waals surface area contributed by atoms with Gasteiger partial charge < -0.3 is 14.8 Å². The molecule has 0 unspecified atom stereocenters. The van der Waals surface area contributed by atoms with E-state index in [2.05, 4.69) is 16.8 Å². The smallest absolute Gasteiger partial charge is 0.407 e. The second-order valence-electron chi connectivity index (χ2n) is 5.60. The number of nitrogens with one attached hydrogen (secondary N) is 1. The number of ether oxygens (including phenoxy) is 2. The molecule has 116 valence electrons. The Kier molecular flexibility index (Phi) is 7.41. The maximum absolute atomic E-state index is 11.8. The van der Waals surface area contributed by atoms with Crippen LogP contribution in [0.25, 0.3) is 0 Å². The minimum Gasteiger partial charge on any atom is -0.444 e. The molecule has 0 heterocycles. The number of carbonyl (C=O) groups is 1. The zero-order valence-electron chi connectivity index (χ0n) is 13.1. The quantitative estimate of drug-likeness (QED) is 0.732. The highest BCUT2D eigenvalue weighted by molar-refractivity contribution is 8.03. The molecule has 1 aliphatic rings. The Labute approximate surface area is 131 Å². The predicted octanol–water partition coefficient (Wildman–Crippen LogP) is 3.41. The van der Waals surface area contributed by atoms with Gasteiger partial charge >= 0.3 is 6.09 Å². The molecule has 1 amide bonds. The van der Waals surface area contributed by atoms with Gasteiger partial charge in [-0.1, -0.05) is 11.5 Å². The van der Waals surface area contributed by atoms with Gasteiger partial charge in [0, 0.05) is 36.5 Å². The van der Waals surface area contributed by atoms with E-state index >= 15 is 0 Å². The largest absolute Gasteiger partial charge is 0.444 e. The average Bonchev–Trinajstić information content (AvgIpc) is 2.41. The Balaban J connectivity index is 2.47. The number of hydrogen-bond donors (Lipinski definition) is 1. The van der Waals surface area contributed by atoms with Gasteiger partial charge in [0.25, 0.3) is 0 Å². The monoisotopic (exact) mass is 309 g/mol. The highest BCUT2D eigenvalue weighted by Crippen LogP contribution is 2.20. The summed E-state index contributed by atoms with van der Waals surface area (Å²) >= 11 is 1.66. The van der Waals surface area contributed by atoms with Gasteiger partial charge in [0.05, 0.1) is 0 Å². The number of hydrogen-bond acceptors (Lipinski definition) is 4. The number of allylic oxidation sites excluding steroid dienone is 3. The molecule has 0 spiro atoms. The number of thioether (sulfide) groups is 1. The zero-order valence-corrected chi connectivity index (χ0v) is 13.9. The van der Waals surface area contributed by atoms with Crippen molar-refractivity contribution in [1.29, 1.82) is 0 Å². The van der Waals surface area contributed by atoms with Gasteiger partial charge in [0.1, 0.15) is 5.60 Å². The van der Waals surface area contributed by atoms with E-state index < -0.39 is 11.7 Å². The van der Waals surface area contributed by atoms with Crippen molar-refractivity contribution in [3.63, 3.8) is 0 Å². The summed E-state index contributed by atoms with van der Waals surface area (Å²) in [4.78, 5) is 12.9. The van der Waals surface area contributed by atoms with Crippen molar-refractivity contribution in [3.8, 4) is 0 Å². The van der Waals surface area contributed by atoms with Crippen LogP contribution in [0.3, 0.4) is 0 Å². The van der Waals surface area contributed by atoms with Crippen LogP contribution in [0.1, 0.15) is 27.2 Å². The third kappa shape index (κ3) is 8.49. The van der Waals surface area contributed by atoms with Crippen LogP contribution < -0.4 is 5.32 Å². The van der Waals surface area contributed by atoms with Crippen molar-refractivity contribution in [2.24, 2.45) is 0 Å². The van der Waals surface area contributed by atoms with E-state index in [0.29, 0.717) is 6.61 Å². The van der Waals surface area contributed by atoms with Crippen LogP contribution in [0, 0.1) is 0 Å². The van der Waals surface area contributed by atoms with Crippen LogP contribution in [0.5, 0.6) is 0 Å². The van der Waals surface area contributed by atoms with Crippen molar-refractivity contribution >= 4 is 17.9 Å². The average molecular weight is 309 g/mol. The topological polar surface area (TPSA) is 47.6 Å². The molecule has 1 aliphatic carbocycles. The molecule has 0 aromatic heterocycles. The molecule has 1 N–H and O–H groups in total. The van der Waals surface area contributed by atoms with Crippen molar-refractivity contribution in [1.82, 2.24) is 5.32 Å². The fraction of sp³-hybridized carbons (Fsp3) is 0.562. The van der Waals surface area contributed by atoms with Gasteiger partial charge in [-0.05, 0) is 39.3 Å². The van der Waals surface area contributed by atoms with E-state index in [0.717, 1.165) is 17.1 Å². The van der Waals surface area contributed by atoms with Crippen molar-refractivity contribution in [2.45, 2.75) is 38.8 Å². The normalized spacial score (nSPS) is 14.8. The molecular formula is C16H23NO3S. The number of methoxy groups -OCH3 is 1. The van der Waals surface area contributed by atoms with E-state index in [1.165, 1.54) is 0 Å². The zero-order chi connectivity index (χ0) is 15.7. The summed E-state index contributed by atoms with van der Waals surface area (Å²) in [5.41, 5.74) is 5.29. The minimum atomic E-state index is -0.493. The molecule has 21 heavy (non-hydrogen) atoms. The fourth-order valence-corrected chi connectivity index (χ4v) is 2.50. The molecular weight excluding hydrogens is 286 g/mol. The van der Waals surface area contributed by atoms with Crippen LogP contribution in [0.4, 0.5) is 4.79 Å². The first-order chi connectivity index (χ1) is 9.90. The van der Waals surface area contributed by atoms with E-state index in [1.54, 1.807) is 18.9 Å². The lowest BCUT2D eigenvalue weighted by Crippen LogP contribution is -2.41. The third-order valence-electron chi connectivity index (χ3n) is 2.47. The Hall–Kier alpha value is -1.38. The predicted molar refractivity (Wildman–Crippen MR) is 86.4 cm³/mol. The second kappa shape index (κ2) is 8.81. The molecule has 0 aliphatic heterocycles. The maximum Gasteiger partial charge on any atom is 0.407 e. The van der Waals surface area contributed by atoms with Gasteiger partial charge in [0.15, 0.2) is 0 Å². The Morgan fingerprint density at radius 1 is 1.43 bits per heavy atom. The van der Waals surface area contributed by atoms with Crippen LogP contribution >= 0.6 is 11.8 Å². The summed E-state index contributed by atoms with van der Waals surface area (Å²) < 4.78 is 10.4. The summed E-state index contributed by atoms with van der Waals surface area (Å²) in [5.74, 6) is 0.750. The van der Waals surface area contributed by atoms with Crippen molar-refractivity contribution in [3.05, 3.63) is 34.6 Å². The summed E-state index contributed by atoms with van der Waals surface area (Å²) in [6.45, 7) is 6.14. The summed E-state index contributed by atoms with van der Waals surface area (Å²) in [6.07, 6.45) is 6.03. The molecule has 0 saturated heterocycles. The molecule has 1 atom stereocenters.